The Morgan fingerprint density at radius 1 is 0.941 bits per heavy atom. The molecular formula is C28H25N3O2S. The average molecular weight is 468 g/mol. The molecule has 2 aromatic heterocycles. The van der Waals surface area contributed by atoms with E-state index in [9.17, 15) is 4.79 Å². The number of benzene rings is 3. The highest BCUT2D eigenvalue weighted by atomic mass is 32.2. The van der Waals surface area contributed by atoms with Crippen molar-refractivity contribution in [2.75, 3.05) is 11.9 Å². The zero-order chi connectivity index (χ0) is 23.7. The van der Waals surface area contributed by atoms with Gasteiger partial charge >= 0.3 is 0 Å². The Bertz CT molecular complexity index is 1440. The number of hydrogen-bond donors (Lipinski definition) is 0. The molecule has 2 heterocycles. The van der Waals surface area contributed by atoms with Crippen LogP contribution in [-0.2, 0) is 5.75 Å². The van der Waals surface area contributed by atoms with Gasteiger partial charge in [0.2, 0.25) is 5.12 Å². The van der Waals surface area contributed by atoms with Gasteiger partial charge in [0.1, 0.15) is 11.3 Å². The summed E-state index contributed by atoms with van der Waals surface area (Å²) in [5.74, 6) is 2.04. The van der Waals surface area contributed by atoms with Crippen molar-refractivity contribution < 1.29 is 9.21 Å². The van der Waals surface area contributed by atoms with E-state index in [1.165, 1.54) is 11.8 Å². The Morgan fingerprint density at radius 3 is 2.47 bits per heavy atom. The summed E-state index contributed by atoms with van der Waals surface area (Å²) in [7, 11) is 2.00. The largest absolute Gasteiger partial charge is 0.454 e. The predicted octanol–water partition coefficient (Wildman–Crippen LogP) is 6.96. The van der Waals surface area contributed by atoms with E-state index in [0.717, 1.165) is 27.9 Å². The minimum atomic E-state index is 0.0210. The number of hydrogen-bond acceptors (Lipinski definition) is 6. The van der Waals surface area contributed by atoms with E-state index in [1.54, 1.807) is 0 Å². The highest BCUT2D eigenvalue weighted by Crippen LogP contribution is 2.34. The standard InChI is InChI=1S/C28H25N3O2S/c1-18(2)31(3)27-26(25-16-20-11-7-8-12-24(20)33-25)29-22-14-13-21(15-23(22)30-27)28(32)34-17-19-9-5-4-6-10-19/h4-16,18H,17H2,1-3H3. The smallest absolute Gasteiger partial charge is 0.219 e. The van der Waals surface area contributed by atoms with Crippen molar-refractivity contribution in [3.05, 3.63) is 90.0 Å². The van der Waals surface area contributed by atoms with Crippen molar-refractivity contribution in [3.8, 4) is 11.5 Å². The second kappa shape index (κ2) is 9.31. The number of para-hydroxylation sites is 1. The van der Waals surface area contributed by atoms with Gasteiger partial charge in [-0.2, -0.15) is 0 Å². The van der Waals surface area contributed by atoms with Gasteiger partial charge in [-0.15, -0.1) is 0 Å². The molecule has 0 aliphatic carbocycles. The molecule has 0 aliphatic heterocycles. The molecule has 5 nitrogen and oxygen atoms in total. The van der Waals surface area contributed by atoms with Gasteiger partial charge in [-0.05, 0) is 49.7 Å². The van der Waals surface area contributed by atoms with Gasteiger partial charge in [-0.1, -0.05) is 60.3 Å². The zero-order valence-electron chi connectivity index (χ0n) is 19.4. The second-order valence-corrected chi connectivity index (χ2v) is 9.46. The molecule has 0 saturated carbocycles. The molecule has 0 atom stereocenters. The van der Waals surface area contributed by atoms with Crippen LogP contribution in [0.5, 0.6) is 0 Å². The number of thioether (sulfide) groups is 1. The SMILES string of the molecule is CC(C)N(C)c1nc2cc(C(=O)SCc3ccccc3)ccc2nc1-c1cc2ccccc2o1. The molecule has 5 rings (SSSR count). The first-order valence-electron chi connectivity index (χ1n) is 11.2. The maximum atomic E-state index is 12.9. The van der Waals surface area contributed by atoms with Crippen LogP contribution in [0.15, 0.2) is 83.3 Å². The summed E-state index contributed by atoms with van der Waals surface area (Å²) >= 11 is 1.30. The van der Waals surface area contributed by atoms with Crippen LogP contribution in [0, 0.1) is 0 Å². The fourth-order valence-corrected chi connectivity index (χ4v) is 4.52. The summed E-state index contributed by atoms with van der Waals surface area (Å²) in [5, 5.41) is 1.04. The third-order valence-corrected chi connectivity index (χ3v) is 6.84. The highest BCUT2D eigenvalue weighted by Gasteiger charge is 2.20. The molecule has 0 radical (unpaired) electrons. The van der Waals surface area contributed by atoms with E-state index in [0.29, 0.717) is 28.3 Å². The summed E-state index contributed by atoms with van der Waals surface area (Å²) < 4.78 is 6.12. The molecule has 6 heteroatoms. The van der Waals surface area contributed by atoms with Crippen molar-refractivity contribution in [1.29, 1.82) is 0 Å². The monoisotopic (exact) mass is 467 g/mol. The minimum Gasteiger partial charge on any atom is -0.454 e. The summed E-state index contributed by atoms with van der Waals surface area (Å²) in [6.07, 6.45) is 0. The van der Waals surface area contributed by atoms with E-state index in [-0.39, 0.29) is 11.2 Å². The number of furan rings is 1. The van der Waals surface area contributed by atoms with E-state index in [2.05, 4.69) is 18.7 Å². The van der Waals surface area contributed by atoms with E-state index in [1.807, 2.05) is 85.9 Å². The van der Waals surface area contributed by atoms with Crippen molar-refractivity contribution >= 4 is 44.7 Å². The van der Waals surface area contributed by atoms with Crippen LogP contribution >= 0.6 is 11.8 Å². The van der Waals surface area contributed by atoms with Crippen LogP contribution in [0.25, 0.3) is 33.5 Å². The number of nitrogens with zero attached hydrogens (tertiary/aromatic N) is 3. The lowest BCUT2D eigenvalue weighted by molar-refractivity contribution is 0.108. The molecule has 0 bridgehead atoms. The quantitative estimate of drug-likeness (QED) is 0.269. The summed E-state index contributed by atoms with van der Waals surface area (Å²) in [6.45, 7) is 4.21. The summed E-state index contributed by atoms with van der Waals surface area (Å²) in [6, 6.07) is 25.7. The highest BCUT2D eigenvalue weighted by molar-refractivity contribution is 8.13. The molecule has 0 fully saturated rings. The summed E-state index contributed by atoms with van der Waals surface area (Å²) in [5.41, 5.74) is 4.66. The lowest BCUT2D eigenvalue weighted by atomic mass is 10.2. The maximum absolute atomic E-state index is 12.9. The Kier molecular flexibility index (Phi) is 6.07. The maximum Gasteiger partial charge on any atom is 0.219 e. The lowest BCUT2D eigenvalue weighted by Crippen LogP contribution is -2.27. The molecule has 5 aromatic rings. The van der Waals surface area contributed by atoms with E-state index in [4.69, 9.17) is 14.4 Å². The number of fused-ring (bicyclic) bond motifs is 2. The normalized spacial score (nSPS) is 11.4. The number of anilines is 1. The molecular weight excluding hydrogens is 442 g/mol. The molecule has 3 aromatic carbocycles. The predicted molar refractivity (Wildman–Crippen MR) is 140 cm³/mol. The fourth-order valence-electron chi connectivity index (χ4n) is 3.73. The molecule has 0 N–H and O–H groups in total. The van der Waals surface area contributed by atoms with Crippen molar-refractivity contribution in [3.63, 3.8) is 0 Å². The Balaban J connectivity index is 1.53. The van der Waals surface area contributed by atoms with Crippen molar-refractivity contribution in [2.24, 2.45) is 0 Å². The molecule has 34 heavy (non-hydrogen) atoms. The first-order chi connectivity index (χ1) is 16.5. The lowest BCUT2D eigenvalue weighted by Gasteiger charge is -2.24. The van der Waals surface area contributed by atoms with Crippen molar-refractivity contribution in [2.45, 2.75) is 25.6 Å². The van der Waals surface area contributed by atoms with Crippen LogP contribution in [-0.4, -0.2) is 28.2 Å². The van der Waals surface area contributed by atoms with Crippen LogP contribution in [0.3, 0.4) is 0 Å². The van der Waals surface area contributed by atoms with Crippen LogP contribution in [0.2, 0.25) is 0 Å². The van der Waals surface area contributed by atoms with Crippen molar-refractivity contribution in [1.82, 2.24) is 9.97 Å². The van der Waals surface area contributed by atoms with Crippen LogP contribution < -0.4 is 4.90 Å². The Labute approximate surface area is 202 Å². The van der Waals surface area contributed by atoms with Gasteiger partial charge < -0.3 is 9.32 Å². The molecule has 0 amide bonds. The van der Waals surface area contributed by atoms with Gasteiger partial charge in [-0.3, -0.25) is 4.79 Å². The Hall–Kier alpha value is -3.64. The van der Waals surface area contributed by atoms with Gasteiger partial charge in [0.05, 0.1) is 11.0 Å². The molecule has 0 aliphatic rings. The third-order valence-electron chi connectivity index (χ3n) is 5.86. The first kappa shape index (κ1) is 22.2. The van der Waals surface area contributed by atoms with E-state index < -0.39 is 0 Å². The molecule has 0 spiro atoms. The van der Waals surface area contributed by atoms with Crippen LogP contribution in [0.1, 0.15) is 29.8 Å². The van der Waals surface area contributed by atoms with E-state index >= 15 is 0 Å². The number of rotatable bonds is 6. The van der Waals surface area contributed by atoms with Gasteiger partial charge in [0.15, 0.2) is 11.6 Å². The molecule has 0 saturated heterocycles. The number of carbonyl (C=O) groups is 1. The van der Waals surface area contributed by atoms with Gasteiger partial charge in [-0.25, -0.2) is 9.97 Å². The Morgan fingerprint density at radius 2 is 1.71 bits per heavy atom. The average Bonchev–Trinajstić information content (AvgIpc) is 3.30. The zero-order valence-corrected chi connectivity index (χ0v) is 20.2. The van der Waals surface area contributed by atoms with Gasteiger partial charge in [0, 0.05) is 29.8 Å². The minimum absolute atomic E-state index is 0.0210. The first-order valence-corrected chi connectivity index (χ1v) is 12.2. The number of carbonyl (C=O) groups excluding carboxylic acids is 1. The van der Waals surface area contributed by atoms with Gasteiger partial charge in [0.25, 0.3) is 0 Å². The topological polar surface area (TPSA) is 59.2 Å². The number of aromatic nitrogens is 2. The third kappa shape index (κ3) is 4.41. The molecule has 0 unspecified atom stereocenters. The fraction of sp³-hybridized carbons (Fsp3) is 0.179. The molecule has 170 valence electrons. The summed E-state index contributed by atoms with van der Waals surface area (Å²) in [4.78, 5) is 24.8. The van der Waals surface area contributed by atoms with Crippen LogP contribution in [0.4, 0.5) is 5.82 Å². The second-order valence-electron chi connectivity index (χ2n) is 8.51.